The predicted octanol–water partition coefficient (Wildman–Crippen LogP) is 3.14. The first-order valence-corrected chi connectivity index (χ1v) is 6.35. The Labute approximate surface area is 125 Å². The van der Waals surface area contributed by atoms with Crippen LogP contribution >= 0.6 is 11.6 Å². The molecule has 0 heterocycles. The van der Waals surface area contributed by atoms with Crippen LogP contribution in [0.25, 0.3) is 0 Å². The average molecular weight is 307 g/mol. The van der Waals surface area contributed by atoms with Crippen molar-refractivity contribution in [1.29, 1.82) is 0 Å². The third-order valence-corrected chi connectivity index (χ3v) is 2.96. The molecule has 0 bridgehead atoms. The summed E-state index contributed by atoms with van der Waals surface area (Å²) in [7, 11) is 0. The number of amides is 1. The molecule has 0 aliphatic carbocycles. The lowest BCUT2D eigenvalue weighted by atomic mass is 10.1. The van der Waals surface area contributed by atoms with Gasteiger partial charge >= 0.3 is 0 Å². The standard InChI is InChI=1S/C14H11ClN2O4/c15-10-3-1-2-9(6-10)7-14(19)16-12-5-4-11(17(20)21)8-13(12)18/h1-6,8,18H,7H2,(H,16,19). The van der Waals surface area contributed by atoms with Crippen molar-refractivity contribution in [2.24, 2.45) is 0 Å². The van der Waals surface area contributed by atoms with E-state index in [4.69, 9.17) is 11.6 Å². The summed E-state index contributed by atoms with van der Waals surface area (Å²) in [5.41, 5.74) is 0.592. The van der Waals surface area contributed by atoms with Gasteiger partial charge < -0.3 is 10.4 Å². The van der Waals surface area contributed by atoms with Gasteiger partial charge in [-0.2, -0.15) is 0 Å². The van der Waals surface area contributed by atoms with Gasteiger partial charge in [-0.05, 0) is 23.8 Å². The van der Waals surface area contributed by atoms with E-state index in [9.17, 15) is 20.0 Å². The van der Waals surface area contributed by atoms with E-state index in [2.05, 4.69) is 5.32 Å². The fourth-order valence-electron chi connectivity index (χ4n) is 1.77. The van der Waals surface area contributed by atoms with Crippen molar-refractivity contribution in [3.63, 3.8) is 0 Å². The maximum atomic E-state index is 11.9. The van der Waals surface area contributed by atoms with Gasteiger partial charge in [0.25, 0.3) is 5.69 Å². The average Bonchev–Trinajstić information content (AvgIpc) is 2.40. The molecule has 0 saturated heterocycles. The number of phenols is 1. The lowest BCUT2D eigenvalue weighted by Gasteiger charge is -2.07. The van der Waals surface area contributed by atoms with Crippen molar-refractivity contribution in [3.8, 4) is 5.75 Å². The van der Waals surface area contributed by atoms with Crippen LogP contribution < -0.4 is 5.32 Å². The van der Waals surface area contributed by atoms with E-state index in [0.29, 0.717) is 5.02 Å². The quantitative estimate of drug-likeness (QED) is 0.515. The van der Waals surface area contributed by atoms with Crippen LogP contribution in [0.1, 0.15) is 5.56 Å². The van der Waals surface area contributed by atoms with Crippen molar-refractivity contribution in [2.75, 3.05) is 5.32 Å². The predicted molar refractivity (Wildman–Crippen MR) is 78.5 cm³/mol. The van der Waals surface area contributed by atoms with Crippen LogP contribution in [-0.4, -0.2) is 15.9 Å². The number of aromatic hydroxyl groups is 1. The van der Waals surface area contributed by atoms with E-state index in [0.717, 1.165) is 11.6 Å². The molecule has 2 aromatic rings. The molecule has 1 amide bonds. The fourth-order valence-corrected chi connectivity index (χ4v) is 1.98. The summed E-state index contributed by atoms with van der Waals surface area (Å²) < 4.78 is 0. The van der Waals surface area contributed by atoms with Crippen LogP contribution in [-0.2, 0) is 11.2 Å². The first kappa shape index (κ1) is 14.8. The Bertz CT molecular complexity index is 703. The molecule has 0 aromatic heterocycles. The van der Waals surface area contributed by atoms with Gasteiger partial charge in [0.05, 0.1) is 23.1 Å². The Morgan fingerprint density at radius 3 is 2.67 bits per heavy atom. The number of nitrogens with one attached hydrogen (secondary N) is 1. The maximum Gasteiger partial charge on any atom is 0.273 e. The van der Waals surface area contributed by atoms with Gasteiger partial charge in [-0.1, -0.05) is 23.7 Å². The van der Waals surface area contributed by atoms with Crippen molar-refractivity contribution in [2.45, 2.75) is 6.42 Å². The highest BCUT2D eigenvalue weighted by Crippen LogP contribution is 2.27. The molecule has 2 aromatic carbocycles. The van der Waals surface area contributed by atoms with Crippen LogP contribution in [0.2, 0.25) is 5.02 Å². The molecule has 0 aliphatic heterocycles. The molecule has 0 fully saturated rings. The van der Waals surface area contributed by atoms with E-state index in [-0.39, 0.29) is 29.5 Å². The number of non-ortho nitro benzene ring substituents is 1. The van der Waals surface area contributed by atoms with Crippen molar-refractivity contribution >= 4 is 28.9 Å². The van der Waals surface area contributed by atoms with Gasteiger partial charge in [-0.3, -0.25) is 14.9 Å². The molecule has 0 radical (unpaired) electrons. The molecule has 0 aliphatic rings. The number of rotatable bonds is 4. The summed E-state index contributed by atoms with van der Waals surface area (Å²) in [6.07, 6.45) is 0.0803. The molecule has 0 atom stereocenters. The number of hydrogen-bond donors (Lipinski definition) is 2. The van der Waals surface area contributed by atoms with Crippen LogP contribution in [0, 0.1) is 10.1 Å². The lowest BCUT2D eigenvalue weighted by molar-refractivity contribution is -0.384. The zero-order chi connectivity index (χ0) is 15.4. The minimum atomic E-state index is -0.628. The second kappa shape index (κ2) is 6.23. The summed E-state index contributed by atoms with van der Waals surface area (Å²) in [5, 5.41) is 23.2. The second-order valence-corrected chi connectivity index (χ2v) is 4.75. The summed E-state index contributed by atoms with van der Waals surface area (Å²) >= 11 is 5.83. The zero-order valence-corrected chi connectivity index (χ0v) is 11.5. The molecule has 7 heteroatoms. The number of carbonyl (C=O) groups is 1. The van der Waals surface area contributed by atoms with Gasteiger partial charge in [0, 0.05) is 11.1 Å². The molecule has 0 saturated carbocycles. The number of benzene rings is 2. The zero-order valence-electron chi connectivity index (χ0n) is 10.7. The van der Waals surface area contributed by atoms with E-state index in [1.54, 1.807) is 24.3 Å². The van der Waals surface area contributed by atoms with Crippen LogP contribution in [0.4, 0.5) is 11.4 Å². The van der Waals surface area contributed by atoms with E-state index >= 15 is 0 Å². The molecular weight excluding hydrogens is 296 g/mol. The second-order valence-electron chi connectivity index (χ2n) is 4.31. The van der Waals surface area contributed by atoms with Crippen LogP contribution in [0.15, 0.2) is 42.5 Å². The van der Waals surface area contributed by atoms with Gasteiger partial charge in [0.15, 0.2) is 0 Å². The summed E-state index contributed by atoms with van der Waals surface area (Å²) in [6.45, 7) is 0. The number of nitrogens with zero attached hydrogens (tertiary/aromatic N) is 1. The number of anilines is 1. The molecule has 2 N–H and O–H groups in total. The number of phenolic OH excluding ortho intramolecular Hbond substituents is 1. The first-order valence-electron chi connectivity index (χ1n) is 5.97. The minimum Gasteiger partial charge on any atom is -0.506 e. The van der Waals surface area contributed by atoms with Crippen LogP contribution in [0.5, 0.6) is 5.75 Å². The molecule has 108 valence electrons. The fraction of sp³-hybridized carbons (Fsp3) is 0.0714. The summed E-state index contributed by atoms with van der Waals surface area (Å²) in [6, 6.07) is 10.3. The normalized spacial score (nSPS) is 10.1. The Morgan fingerprint density at radius 2 is 2.05 bits per heavy atom. The molecule has 6 nitrogen and oxygen atoms in total. The SMILES string of the molecule is O=C(Cc1cccc(Cl)c1)Nc1ccc([N+](=O)[O-])cc1O. The van der Waals surface area contributed by atoms with E-state index in [1.165, 1.54) is 12.1 Å². The van der Waals surface area contributed by atoms with Gasteiger partial charge in [-0.25, -0.2) is 0 Å². The smallest absolute Gasteiger partial charge is 0.273 e. The Hall–Kier alpha value is -2.60. The van der Waals surface area contributed by atoms with Crippen molar-refractivity contribution in [1.82, 2.24) is 0 Å². The van der Waals surface area contributed by atoms with Crippen molar-refractivity contribution in [3.05, 3.63) is 63.2 Å². The molecule has 0 spiro atoms. The molecule has 0 unspecified atom stereocenters. The van der Waals surface area contributed by atoms with Gasteiger partial charge in [0.2, 0.25) is 5.91 Å². The Kier molecular flexibility index (Phi) is 4.39. The highest BCUT2D eigenvalue weighted by Gasteiger charge is 2.12. The molecule has 21 heavy (non-hydrogen) atoms. The first-order chi connectivity index (χ1) is 9.95. The van der Waals surface area contributed by atoms with Crippen LogP contribution in [0.3, 0.4) is 0 Å². The lowest BCUT2D eigenvalue weighted by Crippen LogP contribution is -2.14. The largest absolute Gasteiger partial charge is 0.506 e. The third kappa shape index (κ3) is 3.93. The number of halogens is 1. The Balaban J connectivity index is 2.08. The monoisotopic (exact) mass is 306 g/mol. The van der Waals surface area contributed by atoms with Gasteiger partial charge in [0.1, 0.15) is 5.75 Å². The van der Waals surface area contributed by atoms with E-state index < -0.39 is 4.92 Å². The minimum absolute atomic E-state index is 0.0803. The maximum absolute atomic E-state index is 11.9. The Morgan fingerprint density at radius 1 is 1.29 bits per heavy atom. The summed E-state index contributed by atoms with van der Waals surface area (Å²) in [4.78, 5) is 21.8. The topological polar surface area (TPSA) is 92.5 Å². The molecule has 2 rings (SSSR count). The highest BCUT2D eigenvalue weighted by molar-refractivity contribution is 6.30. The molecular formula is C14H11ClN2O4. The van der Waals surface area contributed by atoms with Crippen molar-refractivity contribution < 1.29 is 14.8 Å². The van der Waals surface area contributed by atoms with Gasteiger partial charge in [-0.15, -0.1) is 0 Å². The third-order valence-electron chi connectivity index (χ3n) is 2.72. The number of hydrogen-bond acceptors (Lipinski definition) is 4. The number of nitro benzene ring substituents is 1. The number of carbonyl (C=O) groups excluding carboxylic acids is 1. The summed E-state index contributed by atoms with van der Waals surface area (Å²) in [5.74, 6) is -0.718. The highest BCUT2D eigenvalue weighted by atomic mass is 35.5. The van der Waals surface area contributed by atoms with E-state index in [1.807, 2.05) is 0 Å². The number of nitro groups is 1.